The summed E-state index contributed by atoms with van der Waals surface area (Å²) in [5, 5.41) is 81.1. The third-order valence-electron chi connectivity index (χ3n) is 25.1. The van der Waals surface area contributed by atoms with Gasteiger partial charge in [0.1, 0.15) is 55.8 Å². The SMILES string of the molecule is CC#C/C=C\C#C[C@H](OC1OC(C)C(NOC2CC(O)C(SC(=O)c3c(C)c(I)c(OC4OC(C)C(O)C(OC)C4O)c(OC)c3OC)C(C)O2)C(O)C1OC1CC(OC)C(N(CC)C(=O)CNC(=O)OCc2ccc(NC(=O)[C@H](C)CC(=O)[C@@H](NC(=O)CCC(=O)N3CCC(C(=O)O)CC3)C(C)C)cc2)CO1)C1/C(=C\CSSC(C)(C)CC(=O)NCCS(=O)(=O)O)[C@](O)(C(C)C)CC(=O)C1NC(=O)OC. The monoisotopic (exact) mass is 2170 g/mol. The average Bonchev–Trinajstić information content (AvgIpc) is 0.741. The summed E-state index contributed by atoms with van der Waals surface area (Å²) in [4.78, 5) is 157. The molecule has 0 bridgehead atoms. The Hall–Kier alpha value is -8.10. The van der Waals surface area contributed by atoms with Crippen molar-refractivity contribution in [2.45, 2.75) is 286 Å². The molecule has 1 aliphatic carbocycles. The topological polar surface area (TPSA) is 571 Å². The maximum Gasteiger partial charge on any atom is 0.407 e. The first-order valence-corrected chi connectivity index (χ1v) is 52.2. The Kier molecular flexibility index (Phi) is 46.0. The smallest absolute Gasteiger partial charge is 0.407 e. The van der Waals surface area contributed by atoms with E-state index in [1.54, 1.807) is 120 Å². The number of alkyl carbamates (subject to hydrolysis) is 2. The van der Waals surface area contributed by atoms with Crippen LogP contribution < -0.4 is 46.3 Å². The molecule has 7 amide bonds. The summed E-state index contributed by atoms with van der Waals surface area (Å²) >= 11 is 2.72. The van der Waals surface area contributed by atoms with Crippen LogP contribution in [-0.2, 0) is 107 Å². The number of carbonyl (C=O) groups excluding carboxylic acids is 10. The number of hydroxylamine groups is 1. The lowest BCUT2D eigenvalue weighted by Crippen LogP contribution is -2.66. The number of halogens is 1. The number of nitrogens with one attached hydrogen (secondary N) is 6. The van der Waals surface area contributed by atoms with Gasteiger partial charge in [-0.1, -0.05) is 104 Å². The number of hydrogen-bond donors (Lipinski definition) is 13. The van der Waals surface area contributed by atoms with Crippen LogP contribution in [0.15, 0.2) is 48.1 Å². The van der Waals surface area contributed by atoms with Crippen LogP contribution in [0.25, 0.3) is 0 Å². The molecule has 2 aromatic carbocycles. The fourth-order valence-corrected chi connectivity index (χ4v) is 21.7. The predicted molar refractivity (Wildman–Crippen MR) is 524 cm³/mol. The Labute approximate surface area is 847 Å². The number of amides is 7. The molecular formula is C94H135IN8O34S4. The third-order valence-corrected chi connectivity index (χ3v) is 31.6. The van der Waals surface area contributed by atoms with E-state index in [2.05, 4.69) is 55.7 Å². The fraction of sp³-hybridized carbons (Fsp3) is 0.670. The number of piperidine rings is 1. The van der Waals surface area contributed by atoms with Crippen LogP contribution in [0.5, 0.6) is 17.2 Å². The molecule has 8 rings (SSSR count). The zero-order chi connectivity index (χ0) is 104. The summed E-state index contributed by atoms with van der Waals surface area (Å²) < 4.78 is 111. The highest BCUT2D eigenvalue weighted by Crippen LogP contribution is 2.50. The van der Waals surface area contributed by atoms with E-state index in [0.717, 1.165) is 18.9 Å². The molecule has 5 saturated heterocycles. The van der Waals surface area contributed by atoms with Crippen molar-refractivity contribution in [2.75, 3.05) is 91.7 Å². The number of likely N-dealkylation sites (tertiary alicyclic amines) is 1. The number of methoxy groups -OCH3 is 5. The van der Waals surface area contributed by atoms with Crippen molar-refractivity contribution >= 4 is 136 Å². The molecule has 42 nitrogen and oxygen atoms in total. The molecule has 47 heteroatoms. The van der Waals surface area contributed by atoms with Gasteiger partial charge < -0.3 is 129 Å². The Morgan fingerprint density at radius 3 is 2.09 bits per heavy atom. The summed E-state index contributed by atoms with van der Waals surface area (Å²) in [6.07, 6.45) is -18.3. The Balaban J connectivity index is 0.994. The van der Waals surface area contributed by atoms with Crippen molar-refractivity contribution in [1.29, 1.82) is 0 Å². The minimum absolute atomic E-state index is 0.0309. The number of Topliss-reactive ketones (excluding diaryl/α,β-unsaturated/α-hetero) is 2. The van der Waals surface area contributed by atoms with Crippen molar-refractivity contribution in [3.05, 3.63) is 68.3 Å². The van der Waals surface area contributed by atoms with Gasteiger partial charge in [0.2, 0.25) is 46.7 Å². The van der Waals surface area contributed by atoms with Gasteiger partial charge in [-0.25, -0.2) is 9.59 Å². The molecule has 141 heavy (non-hydrogen) atoms. The van der Waals surface area contributed by atoms with Crippen molar-refractivity contribution in [3.63, 3.8) is 0 Å². The van der Waals surface area contributed by atoms with E-state index >= 15 is 0 Å². The minimum Gasteiger partial charge on any atom is -0.492 e. The average molecular weight is 2180 g/mol. The number of aliphatic carboxylic acids is 1. The molecule has 2 aromatic rings. The quantitative estimate of drug-likeness (QED) is 0.00748. The van der Waals surface area contributed by atoms with Crippen LogP contribution in [0.3, 0.4) is 0 Å². The number of aliphatic hydroxyl groups excluding tert-OH is 4. The molecule has 1 saturated carbocycles. The summed E-state index contributed by atoms with van der Waals surface area (Å²) in [5.41, 5.74) is 2.32. The van der Waals surface area contributed by atoms with Crippen LogP contribution in [0.1, 0.15) is 162 Å². The molecule has 23 atom stereocenters. The third kappa shape index (κ3) is 32.7. The zero-order valence-electron chi connectivity index (χ0n) is 82.3. The maximum atomic E-state index is 14.9. The second-order valence-electron chi connectivity index (χ2n) is 36.2. The Bertz CT molecular complexity index is 4960. The lowest BCUT2D eigenvalue weighted by molar-refractivity contribution is -0.340. The highest BCUT2D eigenvalue weighted by molar-refractivity contribution is 14.1. The minimum atomic E-state index is -4.37. The van der Waals surface area contributed by atoms with Gasteiger partial charge >= 0.3 is 18.2 Å². The number of thioether (sulfide) groups is 1. The fourth-order valence-electron chi connectivity index (χ4n) is 17.2. The van der Waals surface area contributed by atoms with Gasteiger partial charge in [0.15, 0.2) is 41.9 Å². The maximum absolute atomic E-state index is 14.9. The number of aliphatic hydroxyl groups is 5. The number of hydrogen-bond acceptors (Lipinski definition) is 36. The van der Waals surface area contributed by atoms with Crippen molar-refractivity contribution in [2.24, 2.45) is 29.6 Å². The molecule has 19 unspecified atom stereocenters. The standard InChI is InChI=1S/C94H135IN8O34S4/c1-19-21-22-23-24-25-63(72-58(94(120,49(5)6)43-62(106)76(72)100-92(119)128-18)34-38-138-140-93(12,13)44-66(108)96-35-39-141(121,122)123)134-90-83(78(112)75(52(9)132-90)101-137-70-41-61(105)85(54(11)131-70)139-88(117)71-51(8)73(95)81(84(127-17)80(71)125-15)136-89-79(113)82(126-16)77(111)53(10)133-89)135-69-42-64(124-14)59(47-129-69)103(20-2)68(110)45-97-91(118)130-46-55-26-28-57(29-27-55)98-86(114)50(7)40-60(104)74(48(3)4)99-65(107)30-31-67(109)102-36-32-56(33-37-102)87(115)116/h22-23,26-29,34,48-50,52-54,56,59,61,63-64,69-70,72,74-79,82-83,85,89-90,101,105,111-113,120H,20,30-33,35-47H2,1-18H3,(H,96,108)(H,97,118)(H,98,114)(H,99,107)(H,100,119)(H,115,116)(H,121,122,123)/b23-22-,58-34+/t50-,52?,53?,54?,59?,61?,63+,64?,69?,70?,72?,74+,75?,76?,77?,78?,79?,82?,83?,85?,89?,90?,94-/m1/s1. The normalized spacial score (nSPS) is 27.6. The first kappa shape index (κ1) is 118. The van der Waals surface area contributed by atoms with Crippen LogP contribution in [-0.4, -0.2) is 336 Å². The van der Waals surface area contributed by atoms with E-state index in [1.807, 2.05) is 22.6 Å². The number of ketones is 2. The van der Waals surface area contributed by atoms with Crippen molar-refractivity contribution in [3.8, 4) is 40.9 Å². The van der Waals surface area contributed by atoms with Gasteiger partial charge in [0.05, 0.1) is 108 Å². The predicted octanol–water partition coefficient (Wildman–Crippen LogP) is 5.43. The molecule has 6 fully saturated rings. The molecule has 786 valence electrons. The van der Waals surface area contributed by atoms with E-state index in [4.69, 9.17) is 66.4 Å². The van der Waals surface area contributed by atoms with Gasteiger partial charge in [0.25, 0.3) is 10.1 Å². The number of nitrogens with zero attached hydrogens (tertiary/aromatic N) is 2. The van der Waals surface area contributed by atoms with Gasteiger partial charge in [-0.05, 0) is 144 Å². The van der Waals surface area contributed by atoms with E-state index in [9.17, 15) is 96.3 Å². The lowest BCUT2D eigenvalue weighted by Gasteiger charge is -2.49. The molecule has 6 aliphatic rings. The number of allylic oxidation sites excluding steroid dienone is 2. The van der Waals surface area contributed by atoms with Crippen LogP contribution in [0, 0.1) is 63.8 Å². The second kappa shape index (κ2) is 54.9. The molecule has 13 N–H and O–H groups in total. The highest BCUT2D eigenvalue weighted by atomic mass is 127. The summed E-state index contributed by atoms with van der Waals surface area (Å²) in [5.74, 6) is 2.62. The van der Waals surface area contributed by atoms with E-state index < -0.39 is 243 Å². The summed E-state index contributed by atoms with van der Waals surface area (Å²) in [6, 6.07) is 1.60. The first-order chi connectivity index (χ1) is 66.6. The first-order valence-electron chi connectivity index (χ1n) is 46.3. The van der Waals surface area contributed by atoms with Crippen LogP contribution in [0.4, 0.5) is 15.3 Å². The second-order valence-corrected chi connectivity index (χ2v) is 43.1. The number of benzene rings is 2. The number of carboxylic acids is 1. The number of rotatable bonds is 44. The summed E-state index contributed by atoms with van der Waals surface area (Å²) in [7, 11) is 4.60. The molecule has 5 aliphatic heterocycles. The largest absolute Gasteiger partial charge is 0.492 e. The van der Waals surface area contributed by atoms with Crippen LogP contribution >= 0.6 is 55.9 Å². The van der Waals surface area contributed by atoms with Crippen molar-refractivity contribution in [1.82, 2.24) is 36.5 Å². The molecule has 0 radical (unpaired) electrons. The number of carbonyl (C=O) groups is 11. The highest BCUT2D eigenvalue weighted by Gasteiger charge is 2.57. The number of ether oxygens (including phenoxy) is 13. The van der Waals surface area contributed by atoms with E-state index in [-0.39, 0.29) is 124 Å². The number of likely N-dealkylation sites (N-methyl/N-ethyl adjacent to an activating group) is 1. The summed E-state index contributed by atoms with van der Waals surface area (Å²) in [6.45, 7) is 20.8. The molecular weight excluding hydrogens is 2040 g/mol. The Morgan fingerprint density at radius 2 is 1.48 bits per heavy atom. The van der Waals surface area contributed by atoms with Crippen molar-refractivity contribution < 1.29 is 163 Å². The van der Waals surface area contributed by atoms with Gasteiger partial charge in [0, 0.05) is 113 Å². The molecule has 0 spiro atoms. The van der Waals surface area contributed by atoms with E-state index in [1.165, 1.54) is 72.0 Å². The van der Waals surface area contributed by atoms with Gasteiger partial charge in [-0.15, -0.1) is 5.92 Å². The van der Waals surface area contributed by atoms with Gasteiger partial charge in [-0.3, -0.25) is 52.5 Å². The molecule has 5 heterocycles. The van der Waals surface area contributed by atoms with Crippen LogP contribution in [0.2, 0.25) is 0 Å². The Morgan fingerprint density at radius 1 is 0.809 bits per heavy atom. The number of carboxylic acid groups (broad SMARTS) is 1. The van der Waals surface area contributed by atoms with E-state index in [0.29, 0.717) is 33.2 Å². The molecule has 0 aromatic heterocycles. The van der Waals surface area contributed by atoms with Gasteiger partial charge in [-0.2, -0.15) is 13.9 Å². The number of anilines is 1. The lowest BCUT2D eigenvalue weighted by atomic mass is 9.64. The zero-order valence-corrected chi connectivity index (χ0v) is 87.7.